The molecular formula is C10H10BrN3O. The number of nitrogens with one attached hydrogen (secondary N) is 1. The van der Waals surface area contributed by atoms with E-state index in [1.165, 1.54) is 6.33 Å². The topological polar surface area (TPSA) is 51.0 Å². The molecule has 0 aromatic carbocycles. The van der Waals surface area contributed by atoms with E-state index in [-0.39, 0.29) is 0 Å². The molecule has 78 valence electrons. The van der Waals surface area contributed by atoms with Crippen LogP contribution in [0.2, 0.25) is 0 Å². The fourth-order valence-electron chi connectivity index (χ4n) is 1.19. The average molecular weight is 268 g/mol. The van der Waals surface area contributed by atoms with Gasteiger partial charge < -0.3 is 9.73 Å². The highest BCUT2D eigenvalue weighted by molar-refractivity contribution is 9.10. The molecule has 2 heterocycles. The predicted molar refractivity (Wildman–Crippen MR) is 60.5 cm³/mol. The smallest absolute Gasteiger partial charge is 0.130 e. The van der Waals surface area contributed by atoms with Crippen LogP contribution in [0, 0.1) is 6.92 Å². The zero-order valence-electron chi connectivity index (χ0n) is 8.20. The molecule has 5 heteroatoms. The van der Waals surface area contributed by atoms with Gasteiger partial charge in [0.25, 0.3) is 0 Å². The van der Waals surface area contributed by atoms with Gasteiger partial charge in [0.1, 0.15) is 28.3 Å². The summed E-state index contributed by atoms with van der Waals surface area (Å²) >= 11 is 3.28. The number of aryl methyl sites for hydroxylation is 1. The second kappa shape index (κ2) is 4.44. The Morgan fingerprint density at radius 2 is 2.27 bits per heavy atom. The van der Waals surface area contributed by atoms with Gasteiger partial charge in [0.2, 0.25) is 0 Å². The Kier molecular flexibility index (Phi) is 3.01. The van der Waals surface area contributed by atoms with E-state index in [1.54, 1.807) is 0 Å². The van der Waals surface area contributed by atoms with Crippen LogP contribution in [-0.4, -0.2) is 9.97 Å². The number of nitrogens with zero attached hydrogens (tertiary/aromatic N) is 2. The molecule has 0 spiro atoms. The maximum atomic E-state index is 5.42. The van der Waals surface area contributed by atoms with Gasteiger partial charge in [-0.3, -0.25) is 0 Å². The maximum absolute atomic E-state index is 5.42. The Hall–Kier alpha value is -1.36. The molecule has 0 saturated heterocycles. The Morgan fingerprint density at radius 3 is 2.93 bits per heavy atom. The summed E-state index contributed by atoms with van der Waals surface area (Å²) in [7, 11) is 0. The highest BCUT2D eigenvalue weighted by Crippen LogP contribution is 2.12. The second-order valence-electron chi connectivity index (χ2n) is 3.09. The largest absolute Gasteiger partial charge is 0.465 e. The Morgan fingerprint density at radius 1 is 1.40 bits per heavy atom. The number of anilines is 1. The zero-order chi connectivity index (χ0) is 10.7. The number of rotatable bonds is 3. The first kappa shape index (κ1) is 10.2. The third-order valence-electron chi connectivity index (χ3n) is 1.87. The monoisotopic (exact) mass is 267 g/mol. The minimum Gasteiger partial charge on any atom is -0.465 e. The van der Waals surface area contributed by atoms with Gasteiger partial charge >= 0.3 is 0 Å². The van der Waals surface area contributed by atoms with E-state index in [4.69, 9.17) is 4.42 Å². The summed E-state index contributed by atoms with van der Waals surface area (Å²) in [6.07, 6.45) is 1.50. The molecular weight excluding hydrogens is 258 g/mol. The van der Waals surface area contributed by atoms with E-state index in [0.29, 0.717) is 6.54 Å². The van der Waals surface area contributed by atoms with Gasteiger partial charge in [-0.05, 0) is 35.0 Å². The first-order valence-electron chi connectivity index (χ1n) is 4.51. The fraction of sp³-hybridized carbons (Fsp3) is 0.200. The third kappa shape index (κ3) is 2.79. The molecule has 0 aliphatic carbocycles. The molecule has 1 N–H and O–H groups in total. The molecule has 2 rings (SSSR count). The highest BCUT2D eigenvalue weighted by atomic mass is 79.9. The summed E-state index contributed by atoms with van der Waals surface area (Å²) in [6.45, 7) is 2.54. The van der Waals surface area contributed by atoms with Gasteiger partial charge in [0, 0.05) is 6.07 Å². The van der Waals surface area contributed by atoms with Gasteiger partial charge in [-0.1, -0.05) is 0 Å². The van der Waals surface area contributed by atoms with Gasteiger partial charge in [-0.25, -0.2) is 9.97 Å². The van der Waals surface area contributed by atoms with Crippen molar-refractivity contribution in [2.75, 3.05) is 5.32 Å². The van der Waals surface area contributed by atoms with Crippen LogP contribution in [0.4, 0.5) is 5.82 Å². The summed E-state index contributed by atoms with van der Waals surface area (Å²) in [5.74, 6) is 2.57. The van der Waals surface area contributed by atoms with E-state index >= 15 is 0 Å². The van der Waals surface area contributed by atoms with Gasteiger partial charge in [0.05, 0.1) is 6.54 Å². The van der Waals surface area contributed by atoms with Crippen molar-refractivity contribution < 1.29 is 4.42 Å². The molecule has 0 aliphatic rings. The van der Waals surface area contributed by atoms with Crippen molar-refractivity contribution in [3.05, 3.63) is 40.7 Å². The summed E-state index contributed by atoms with van der Waals surface area (Å²) in [5.41, 5.74) is 0. The highest BCUT2D eigenvalue weighted by Gasteiger charge is 1.99. The third-order valence-corrected chi connectivity index (χ3v) is 2.31. The van der Waals surface area contributed by atoms with Crippen LogP contribution in [-0.2, 0) is 6.54 Å². The molecule has 2 aromatic rings. The SMILES string of the molecule is Cc1ccc(CNc2cc(Br)ncn2)o1. The molecule has 15 heavy (non-hydrogen) atoms. The number of halogens is 1. The molecule has 0 fully saturated rings. The molecule has 0 unspecified atom stereocenters. The molecule has 0 atom stereocenters. The molecule has 0 radical (unpaired) electrons. The summed E-state index contributed by atoms with van der Waals surface area (Å²) < 4.78 is 6.18. The number of aromatic nitrogens is 2. The van der Waals surface area contributed by atoms with Gasteiger partial charge in [-0.2, -0.15) is 0 Å². The molecule has 0 bridgehead atoms. The zero-order valence-corrected chi connectivity index (χ0v) is 9.78. The maximum Gasteiger partial charge on any atom is 0.130 e. The van der Waals surface area contributed by atoms with Crippen molar-refractivity contribution in [3.63, 3.8) is 0 Å². The van der Waals surface area contributed by atoms with Crippen molar-refractivity contribution in [1.82, 2.24) is 9.97 Å². The van der Waals surface area contributed by atoms with Crippen molar-refractivity contribution in [3.8, 4) is 0 Å². The Labute approximate surface area is 95.9 Å². The lowest BCUT2D eigenvalue weighted by molar-refractivity contribution is 0.490. The van der Waals surface area contributed by atoms with Crippen LogP contribution < -0.4 is 5.32 Å². The van der Waals surface area contributed by atoms with Crippen LogP contribution in [0.5, 0.6) is 0 Å². The van der Waals surface area contributed by atoms with Crippen molar-refractivity contribution >= 4 is 21.7 Å². The first-order chi connectivity index (χ1) is 7.24. The van der Waals surface area contributed by atoms with E-state index in [2.05, 4.69) is 31.2 Å². The fourth-order valence-corrected chi connectivity index (χ4v) is 1.50. The Bertz CT molecular complexity index is 455. The lowest BCUT2D eigenvalue weighted by Crippen LogP contribution is -2.00. The molecule has 0 amide bonds. The normalized spacial score (nSPS) is 10.3. The summed E-state index contributed by atoms with van der Waals surface area (Å²) in [4.78, 5) is 8.01. The standard InChI is InChI=1S/C10H10BrN3O/c1-7-2-3-8(15-7)5-12-10-4-9(11)13-6-14-10/h2-4,6H,5H2,1H3,(H,12,13,14). The first-order valence-corrected chi connectivity index (χ1v) is 5.30. The van der Waals surface area contributed by atoms with Crippen molar-refractivity contribution in [2.45, 2.75) is 13.5 Å². The van der Waals surface area contributed by atoms with E-state index in [9.17, 15) is 0 Å². The van der Waals surface area contributed by atoms with E-state index in [0.717, 1.165) is 21.9 Å². The molecule has 4 nitrogen and oxygen atoms in total. The minimum absolute atomic E-state index is 0.622. The number of hydrogen-bond acceptors (Lipinski definition) is 4. The predicted octanol–water partition coefficient (Wildman–Crippen LogP) is 2.75. The minimum atomic E-state index is 0.622. The number of hydrogen-bond donors (Lipinski definition) is 1. The molecule has 2 aromatic heterocycles. The average Bonchev–Trinajstić information content (AvgIpc) is 2.62. The molecule has 0 aliphatic heterocycles. The van der Waals surface area contributed by atoms with Gasteiger partial charge in [-0.15, -0.1) is 0 Å². The summed E-state index contributed by atoms with van der Waals surface area (Å²) in [5, 5.41) is 3.14. The van der Waals surface area contributed by atoms with Crippen LogP contribution in [0.25, 0.3) is 0 Å². The second-order valence-corrected chi connectivity index (χ2v) is 3.90. The van der Waals surface area contributed by atoms with Crippen LogP contribution >= 0.6 is 15.9 Å². The van der Waals surface area contributed by atoms with Crippen LogP contribution in [0.1, 0.15) is 11.5 Å². The Balaban J connectivity index is 1.99. The van der Waals surface area contributed by atoms with E-state index in [1.807, 2.05) is 25.1 Å². The van der Waals surface area contributed by atoms with Crippen LogP contribution in [0.15, 0.2) is 33.5 Å². The van der Waals surface area contributed by atoms with E-state index < -0.39 is 0 Å². The van der Waals surface area contributed by atoms with Crippen molar-refractivity contribution in [1.29, 1.82) is 0 Å². The van der Waals surface area contributed by atoms with Gasteiger partial charge in [0.15, 0.2) is 0 Å². The summed E-state index contributed by atoms with van der Waals surface area (Å²) in [6, 6.07) is 5.70. The van der Waals surface area contributed by atoms with Crippen LogP contribution in [0.3, 0.4) is 0 Å². The van der Waals surface area contributed by atoms with Crippen molar-refractivity contribution in [2.24, 2.45) is 0 Å². The lowest BCUT2D eigenvalue weighted by Gasteiger charge is -2.02. The quantitative estimate of drug-likeness (QED) is 0.869. The lowest BCUT2D eigenvalue weighted by atomic mass is 10.4. The number of furan rings is 1. The molecule has 0 saturated carbocycles.